The Morgan fingerprint density at radius 1 is 1.53 bits per heavy atom. The Morgan fingerprint density at radius 2 is 2.41 bits per heavy atom. The maximum absolute atomic E-state index is 5.93. The minimum atomic E-state index is 0.190. The Labute approximate surface area is 111 Å². The van der Waals surface area contributed by atoms with E-state index in [1.165, 1.54) is 5.56 Å². The molecule has 1 aliphatic rings. The van der Waals surface area contributed by atoms with Crippen molar-refractivity contribution in [3.8, 4) is 5.75 Å². The number of halogens is 1. The standard InChI is InChI=1S/C13H18BrNO2/c1-15-8-10-4-5-13(12(14)7-10)17-11-3-2-6-16-9-11/h4-5,7,11,15H,2-3,6,8-9H2,1H3. The minimum absolute atomic E-state index is 0.190. The minimum Gasteiger partial charge on any atom is -0.487 e. The van der Waals surface area contributed by atoms with Gasteiger partial charge in [0.15, 0.2) is 0 Å². The molecule has 2 rings (SSSR count). The normalized spacial score (nSPS) is 20.2. The van der Waals surface area contributed by atoms with Crippen LogP contribution >= 0.6 is 15.9 Å². The van der Waals surface area contributed by atoms with Gasteiger partial charge in [-0.3, -0.25) is 0 Å². The smallest absolute Gasteiger partial charge is 0.134 e. The Hall–Kier alpha value is -0.580. The fraction of sp³-hybridized carbons (Fsp3) is 0.538. The van der Waals surface area contributed by atoms with E-state index in [0.717, 1.165) is 36.2 Å². The fourth-order valence-corrected chi connectivity index (χ4v) is 2.46. The Kier molecular flexibility index (Phi) is 4.83. The van der Waals surface area contributed by atoms with Gasteiger partial charge in [-0.2, -0.15) is 0 Å². The van der Waals surface area contributed by atoms with Gasteiger partial charge in [0, 0.05) is 13.2 Å². The second-order valence-electron chi connectivity index (χ2n) is 4.25. The van der Waals surface area contributed by atoms with Gasteiger partial charge < -0.3 is 14.8 Å². The van der Waals surface area contributed by atoms with Crippen molar-refractivity contribution in [3.63, 3.8) is 0 Å². The van der Waals surface area contributed by atoms with Crippen molar-refractivity contribution in [2.75, 3.05) is 20.3 Å². The number of nitrogens with one attached hydrogen (secondary N) is 1. The molecule has 1 aromatic carbocycles. The van der Waals surface area contributed by atoms with Crippen molar-refractivity contribution in [2.24, 2.45) is 0 Å². The first-order valence-electron chi connectivity index (χ1n) is 5.97. The van der Waals surface area contributed by atoms with Crippen LogP contribution in [0.2, 0.25) is 0 Å². The number of rotatable bonds is 4. The molecular formula is C13H18BrNO2. The maximum Gasteiger partial charge on any atom is 0.134 e. The van der Waals surface area contributed by atoms with Crippen molar-refractivity contribution in [1.82, 2.24) is 5.32 Å². The van der Waals surface area contributed by atoms with Crippen molar-refractivity contribution in [3.05, 3.63) is 28.2 Å². The highest BCUT2D eigenvalue weighted by molar-refractivity contribution is 9.10. The SMILES string of the molecule is CNCc1ccc(OC2CCCOC2)c(Br)c1. The molecule has 1 aromatic rings. The molecule has 1 N–H and O–H groups in total. The zero-order valence-corrected chi connectivity index (χ0v) is 11.6. The van der Waals surface area contributed by atoms with E-state index in [2.05, 4.69) is 33.4 Å². The van der Waals surface area contributed by atoms with Gasteiger partial charge in [-0.1, -0.05) is 6.07 Å². The van der Waals surface area contributed by atoms with Crippen molar-refractivity contribution >= 4 is 15.9 Å². The molecule has 1 unspecified atom stereocenters. The van der Waals surface area contributed by atoms with Gasteiger partial charge in [0.2, 0.25) is 0 Å². The molecule has 1 aliphatic heterocycles. The van der Waals surface area contributed by atoms with Crippen LogP contribution < -0.4 is 10.1 Å². The monoisotopic (exact) mass is 299 g/mol. The molecule has 1 atom stereocenters. The molecule has 0 spiro atoms. The lowest BCUT2D eigenvalue weighted by Gasteiger charge is -2.24. The summed E-state index contributed by atoms with van der Waals surface area (Å²) in [6.07, 6.45) is 2.35. The molecular weight excluding hydrogens is 282 g/mol. The third kappa shape index (κ3) is 3.69. The van der Waals surface area contributed by atoms with Crippen molar-refractivity contribution in [1.29, 1.82) is 0 Å². The van der Waals surface area contributed by atoms with Crippen molar-refractivity contribution < 1.29 is 9.47 Å². The lowest BCUT2D eigenvalue weighted by atomic mass is 10.1. The lowest BCUT2D eigenvalue weighted by molar-refractivity contribution is 0.00711. The van der Waals surface area contributed by atoms with Gasteiger partial charge in [0.1, 0.15) is 11.9 Å². The topological polar surface area (TPSA) is 30.5 Å². The van der Waals surface area contributed by atoms with Crippen LogP contribution in [0.5, 0.6) is 5.75 Å². The van der Waals surface area contributed by atoms with Crippen molar-refractivity contribution in [2.45, 2.75) is 25.5 Å². The summed E-state index contributed by atoms with van der Waals surface area (Å²) in [6.45, 7) is 2.43. The van der Waals surface area contributed by atoms with Gasteiger partial charge in [0.05, 0.1) is 11.1 Å². The van der Waals surface area contributed by atoms with Gasteiger partial charge in [-0.25, -0.2) is 0 Å². The van der Waals surface area contributed by atoms with E-state index in [-0.39, 0.29) is 6.10 Å². The highest BCUT2D eigenvalue weighted by Crippen LogP contribution is 2.28. The molecule has 0 amide bonds. The fourth-order valence-electron chi connectivity index (χ4n) is 1.94. The summed E-state index contributed by atoms with van der Waals surface area (Å²) in [7, 11) is 1.94. The van der Waals surface area contributed by atoms with Crippen LogP contribution in [0.15, 0.2) is 22.7 Å². The van der Waals surface area contributed by atoms with E-state index in [1.807, 2.05) is 13.1 Å². The van der Waals surface area contributed by atoms with Crippen LogP contribution in [0.4, 0.5) is 0 Å². The molecule has 0 bridgehead atoms. The van der Waals surface area contributed by atoms with E-state index >= 15 is 0 Å². The van der Waals surface area contributed by atoms with Gasteiger partial charge in [-0.15, -0.1) is 0 Å². The van der Waals surface area contributed by atoms with E-state index in [9.17, 15) is 0 Å². The molecule has 0 radical (unpaired) electrons. The molecule has 0 aliphatic carbocycles. The van der Waals surface area contributed by atoms with Crippen LogP contribution in [0, 0.1) is 0 Å². The molecule has 1 heterocycles. The molecule has 0 aromatic heterocycles. The summed E-state index contributed by atoms with van der Waals surface area (Å²) in [6, 6.07) is 6.20. The summed E-state index contributed by atoms with van der Waals surface area (Å²) in [4.78, 5) is 0. The number of hydrogen-bond acceptors (Lipinski definition) is 3. The highest BCUT2D eigenvalue weighted by atomic mass is 79.9. The Balaban J connectivity index is 2.00. The van der Waals surface area contributed by atoms with Gasteiger partial charge in [0.25, 0.3) is 0 Å². The third-order valence-corrected chi connectivity index (χ3v) is 3.41. The predicted molar refractivity (Wildman–Crippen MR) is 71.4 cm³/mol. The summed E-state index contributed by atoms with van der Waals surface area (Å²) >= 11 is 3.55. The largest absolute Gasteiger partial charge is 0.487 e. The predicted octanol–water partition coefficient (Wildman–Crippen LogP) is 2.73. The molecule has 1 fully saturated rings. The zero-order chi connectivity index (χ0) is 12.1. The lowest BCUT2D eigenvalue weighted by Crippen LogP contribution is -2.28. The quantitative estimate of drug-likeness (QED) is 0.927. The average Bonchev–Trinajstić information content (AvgIpc) is 2.34. The molecule has 4 heteroatoms. The number of ether oxygens (including phenoxy) is 2. The Morgan fingerprint density at radius 3 is 3.06 bits per heavy atom. The van der Waals surface area contributed by atoms with Gasteiger partial charge >= 0.3 is 0 Å². The Bertz CT molecular complexity index is 364. The molecule has 17 heavy (non-hydrogen) atoms. The second-order valence-corrected chi connectivity index (χ2v) is 5.11. The van der Waals surface area contributed by atoms with E-state index in [0.29, 0.717) is 6.61 Å². The molecule has 94 valence electrons. The highest BCUT2D eigenvalue weighted by Gasteiger charge is 2.16. The summed E-state index contributed by atoms with van der Waals surface area (Å²) in [5.41, 5.74) is 1.24. The van der Waals surface area contributed by atoms with E-state index < -0.39 is 0 Å². The van der Waals surface area contributed by atoms with Crippen LogP contribution in [0.25, 0.3) is 0 Å². The van der Waals surface area contributed by atoms with E-state index in [1.54, 1.807) is 0 Å². The molecule has 3 nitrogen and oxygen atoms in total. The molecule has 0 saturated carbocycles. The first kappa shape index (κ1) is 12.9. The average molecular weight is 300 g/mol. The summed E-state index contributed by atoms with van der Waals surface area (Å²) in [5.74, 6) is 0.903. The van der Waals surface area contributed by atoms with Gasteiger partial charge in [-0.05, 0) is 53.5 Å². The molecule has 1 saturated heterocycles. The number of benzene rings is 1. The maximum atomic E-state index is 5.93. The first-order valence-corrected chi connectivity index (χ1v) is 6.76. The second kappa shape index (κ2) is 6.38. The van der Waals surface area contributed by atoms with Crippen LogP contribution in [-0.2, 0) is 11.3 Å². The third-order valence-electron chi connectivity index (χ3n) is 2.79. The first-order chi connectivity index (χ1) is 8.29. The van der Waals surface area contributed by atoms with Crippen LogP contribution in [-0.4, -0.2) is 26.4 Å². The van der Waals surface area contributed by atoms with Crippen LogP contribution in [0.1, 0.15) is 18.4 Å². The van der Waals surface area contributed by atoms with E-state index in [4.69, 9.17) is 9.47 Å². The summed E-state index contributed by atoms with van der Waals surface area (Å²) in [5, 5.41) is 3.13. The number of hydrogen-bond donors (Lipinski definition) is 1. The summed E-state index contributed by atoms with van der Waals surface area (Å²) < 4.78 is 12.3. The van der Waals surface area contributed by atoms with Crippen LogP contribution in [0.3, 0.4) is 0 Å². The zero-order valence-electron chi connectivity index (χ0n) is 10.0.